The van der Waals surface area contributed by atoms with Crippen molar-refractivity contribution in [2.45, 2.75) is 40.2 Å². The number of carbonyl (C=O) groups is 1. The Kier molecular flexibility index (Phi) is 3.77. The monoisotopic (exact) mass is 282 g/mol. The van der Waals surface area contributed by atoms with Gasteiger partial charge in [-0.05, 0) is 43.1 Å². The molecule has 0 N–H and O–H groups in total. The molecule has 1 aromatic carbocycles. The number of hydrogen-bond donors (Lipinski definition) is 0. The van der Waals surface area contributed by atoms with E-state index in [1.807, 2.05) is 0 Å². The molecule has 0 unspecified atom stereocenters. The fourth-order valence-electron chi connectivity index (χ4n) is 3.24. The molecule has 3 heteroatoms. The molecule has 1 aromatic heterocycles. The highest BCUT2D eigenvalue weighted by atomic mass is 16.1. The number of pyridine rings is 1. The Morgan fingerprint density at radius 2 is 2.14 bits per heavy atom. The zero-order valence-electron chi connectivity index (χ0n) is 13.1. The third-order valence-electron chi connectivity index (χ3n) is 4.49. The second-order valence-electron chi connectivity index (χ2n) is 5.79. The second kappa shape index (κ2) is 5.57. The Balaban J connectivity index is 2.28. The number of aromatic nitrogens is 1. The van der Waals surface area contributed by atoms with Gasteiger partial charge in [0.25, 0.3) is 0 Å². The van der Waals surface area contributed by atoms with Gasteiger partial charge in [0.1, 0.15) is 0 Å². The van der Waals surface area contributed by atoms with Crippen molar-refractivity contribution in [3.63, 3.8) is 0 Å². The average molecular weight is 282 g/mol. The Hall–Kier alpha value is -1.74. The lowest BCUT2D eigenvalue weighted by atomic mass is 9.92. The fraction of sp³-hybridized carbons (Fsp3) is 0.444. The van der Waals surface area contributed by atoms with E-state index in [0.717, 1.165) is 60.2 Å². The summed E-state index contributed by atoms with van der Waals surface area (Å²) in [5.41, 5.74) is 5.37. The van der Waals surface area contributed by atoms with Crippen LogP contribution in [0.15, 0.2) is 18.2 Å². The number of fused-ring (bicyclic) bond motifs is 2. The molecule has 3 nitrogen and oxygen atoms in total. The van der Waals surface area contributed by atoms with Gasteiger partial charge in [0.2, 0.25) is 0 Å². The van der Waals surface area contributed by atoms with Gasteiger partial charge in [-0.15, -0.1) is 0 Å². The molecular formula is C18H22N2O. The smallest absolute Gasteiger partial charge is 0.160 e. The third-order valence-corrected chi connectivity index (χ3v) is 4.49. The molecule has 2 aromatic rings. The molecule has 0 saturated carbocycles. The topological polar surface area (TPSA) is 33.2 Å². The Labute approximate surface area is 126 Å². The van der Waals surface area contributed by atoms with E-state index in [0.29, 0.717) is 0 Å². The van der Waals surface area contributed by atoms with E-state index in [-0.39, 0.29) is 5.78 Å². The fourth-order valence-corrected chi connectivity index (χ4v) is 3.24. The molecule has 3 rings (SSSR count). The summed E-state index contributed by atoms with van der Waals surface area (Å²) in [4.78, 5) is 19.5. The summed E-state index contributed by atoms with van der Waals surface area (Å²) in [6.07, 6.45) is 1.92. The summed E-state index contributed by atoms with van der Waals surface area (Å²) in [5.74, 6) is 0.157. The summed E-state index contributed by atoms with van der Waals surface area (Å²) in [5, 5.41) is 1.03. The van der Waals surface area contributed by atoms with Gasteiger partial charge < -0.3 is 0 Å². The molecule has 0 radical (unpaired) electrons. The zero-order valence-corrected chi connectivity index (χ0v) is 13.1. The number of benzene rings is 1. The van der Waals surface area contributed by atoms with Crippen LogP contribution in [-0.2, 0) is 19.4 Å². The normalized spacial score (nSPS) is 15.2. The molecule has 0 spiro atoms. The Morgan fingerprint density at radius 3 is 2.81 bits per heavy atom. The maximum Gasteiger partial charge on any atom is 0.160 e. The lowest BCUT2D eigenvalue weighted by Gasteiger charge is -2.29. The van der Waals surface area contributed by atoms with Gasteiger partial charge in [0.05, 0.1) is 5.52 Å². The van der Waals surface area contributed by atoms with Crippen molar-refractivity contribution >= 4 is 16.7 Å². The number of Topliss-reactive ketones (excluding diaryl/α,β-unsaturated/α-hetero) is 1. The zero-order chi connectivity index (χ0) is 15.0. The van der Waals surface area contributed by atoms with Crippen molar-refractivity contribution in [2.75, 3.05) is 13.1 Å². The highest BCUT2D eigenvalue weighted by molar-refractivity contribution is 6.07. The predicted molar refractivity (Wildman–Crippen MR) is 85.8 cm³/mol. The molecular weight excluding hydrogens is 260 g/mol. The van der Waals surface area contributed by atoms with Crippen molar-refractivity contribution in [2.24, 2.45) is 0 Å². The summed E-state index contributed by atoms with van der Waals surface area (Å²) in [7, 11) is 0. The molecule has 110 valence electrons. The van der Waals surface area contributed by atoms with Crippen LogP contribution in [0.4, 0.5) is 0 Å². The average Bonchev–Trinajstić information content (AvgIpc) is 2.51. The lowest BCUT2D eigenvalue weighted by molar-refractivity contribution is 0.101. The number of ketones is 1. The molecule has 0 amide bonds. The van der Waals surface area contributed by atoms with E-state index >= 15 is 0 Å². The minimum atomic E-state index is 0.157. The van der Waals surface area contributed by atoms with Gasteiger partial charge in [-0.2, -0.15) is 0 Å². The van der Waals surface area contributed by atoms with Crippen molar-refractivity contribution < 1.29 is 4.79 Å². The van der Waals surface area contributed by atoms with Crippen LogP contribution in [0.2, 0.25) is 0 Å². The third kappa shape index (κ3) is 2.46. The largest absolute Gasteiger partial charge is 0.299 e. The Morgan fingerprint density at radius 1 is 1.33 bits per heavy atom. The van der Waals surface area contributed by atoms with Crippen LogP contribution < -0.4 is 0 Å². The van der Waals surface area contributed by atoms with Crippen LogP contribution >= 0.6 is 0 Å². The highest BCUT2D eigenvalue weighted by Gasteiger charge is 2.23. The predicted octanol–water partition coefficient (Wildman–Crippen LogP) is 3.38. The van der Waals surface area contributed by atoms with Crippen molar-refractivity contribution in [3.8, 4) is 0 Å². The molecule has 2 heterocycles. The van der Waals surface area contributed by atoms with Crippen LogP contribution in [0.5, 0.6) is 0 Å². The quantitative estimate of drug-likeness (QED) is 0.809. The summed E-state index contributed by atoms with van der Waals surface area (Å²) in [6.45, 7) is 8.89. The first-order valence-corrected chi connectivity index (χ1v) is 7.81. The van der Waals surface area contributed by atoms with E-state index < -0.39 is 0 Å². The first-order chi connectivity index (χ1) is 10.1. The van der Waals surface area contributed by atoms with Gasteiger partial charge >= 0.3 is 0 Å². The maximum atomic E-state index is 12.3. The minimum absolute atomic E-state index is 0.157. The summed E-state index contributed by atoms with van der Waals surface area (Å²) in [6, 6.07) is 6.32. The number of likely N-dealkylation sites (N-methyl/N-ethyl adjacent to an activating group) is 1. The SMILES string of the molecule is CCc1ccc2nc3c(c(C(C)=O)c2c1)CN(CC)CC3. The van der Waals surface area contributed by atoms with Crippen molar-refractivity contribution in [3.05, 3.63) is 40.6 Å². The molecule has 21 heavy (non-hydrogen) atoms. The van der Waals surface area contributed by atoms with E-state index in [1.54, 1.807) is 6.92 Å². The van der Waals surface area contributed by atoms with Gasteiger partial charge in [-0.3, -0.25) is 14.7 Å². The summed E-state index contributed by atoms with van der Waals surface area (Å²) >= 11 is 0. The molecule has 0 atom stereocenters. The summed E-state index contributed by atoms with van der Waals surface area (Å²) < 4.78 is 0. The van der Waals surface area contributed by atoms with Crippen molar-refractivity contribution in [1.29, 1.82) is 0 Å². The van der Waals surface area contributed by atoms with E-state index in [2.05, 4.69) is 36.9 Å². The van der Waals surface area contributed by atoms with E-state index in [4.69, 9.17) is 4.98 Å². The number of rotatable bonds is 3. The Bertz CT molecular complexity index is 706. The number of carbonyl (C=O) groups excluding carboxylic acids is 1. The first kappa shape index (κ1) is 14.2. The number of nitrogens with zero attached hydrogens (tertiary/aromatic N) is 2. The molecule has 1 aliphatic heterocycles. The standard InChI is InChI=1S/C18H22N2O/c1-4-13-6-7-16-14(10-13)18(12(3)21)15-11-20(5-2)9-8-17(15)19-16/h6-7,10H,4-5,8-9,11H2,1-3H3. The van der Waals surface area contributed by atoms with Gasteiger partial charge in [0, 0.05) is 36.2 Å². The van der Waals surface area contributed by atoms with Gasteiger partial charge in [-0.25, -0.2) is 0 Å². The van der Waals surface area contributed by atoms with Crippen LogP contribution in [0, 0.1) is 0 Å². The lowest BCUT2D eigenvalue weighted by Crippen LogP contribution is -2.32. The molecule has 0 saturated heterocycles. The van der Waals surface area contributed by atoms with E-state index in [1.165, 1.54) is 5.56 Å². The molecule has 0 bridgehead atoms. The maximum absolute atomic E-state index is 12.3. The van der Waals surface area contributed by atoms with E-state index in [9.17, 15) is 4.79 Å². The van der Waals surface area contributed by atoms with Gasteiger partial charge in [-0.1, -0.05) is 19.9 Å². The minimum Gasteiger partial charge on any atom is -0.299 e. The van der Waals surface area contributed by atoms with Crippen molar-refractivity contribution in [1.82, 2.24) is 9.88 Å². The molecule has 0 aliphatic carbocycles. The molecule has 0 fully saturated rings. The second-order valence-corrected chi connectivity index (χ2v) is 5.79. The highest BCUT2D eigenvalue weighted by Crippen LogP contribution is 2.29. The molecule has 1 aliphatic rings. The van der Waals surface area contributed by atoms with Crippen LogP contribution in [0.1, 0.15) is 48.0 Å². The van der Waals surface area contributed by atoms with Crippen LogP contribution in [0.3, 0.4) is 0 Å². The number of aryl methyl sites for hydroxylation is 1. The van der Waals surface area contributed by atoms with Crippen LogP contribution in [0.25, 0.3) is 10.9 Å². The first-order valence-electron chi connectivity index (χ1n) is 7.81. The number of hydrogen-bond acceptors (Lipinski definition) is 3. The van der Waals surface area contributed by atoms with Crippen LogP contribution in [-0.4, -0.2) is 28.8 Å². The van der Waals surface area contributed by atoms with Gasteiger partial charge in [0.15, 0.2) is 5.78 Å².